The highest BCUT2D eigenvalue weighted by Crippen LogP contribution is 2.43. The maximum atomic E-state index is 12.4. The molecule has 2 atom stereocenters. The van der Waals surface area contributed by atoms with E-state index in [9.17, 15) is 4.79 Å². The van der Waals surface area contributed by atoms with Gasteiger partial charge in [-0.3, -0.25) is 0 Å². The topological polar surface area (TPSA) is 51.7 Å². The zero-order valence-corrected chi connectivity index (χ0v) is 16.1. The normalized spacial score (nSPS) is 24.8. The van der Waals surface area contributed by atoms with Crippen molar-refractivity contribution >= 4 is 17.7 Å². The molecule has 2 rings (SSSR count). The van der Waals surface area contributed by atoms with E-state index < -0.39 is 11.2 Å². The van der Waals surface area contributed by atoms with Crippen LogP contribution in [-0.4, -0.2) is 41.3 Å². The Morgan fingerprint density at radius 2 is 2.12 bits per heavy atom. The Kier molecular flexibility index (Phi) is 5.45. The molecule has 0 spiro atoms. The first kappa shape index (κ1) is 19.0. The van der Waals surface area contributed by atoms with Crippen LogP contribution < -0.4 is 0 Å². The molecule has 1 saturated heterocycles. The fourth-order valence-corrected chi connectivity index (χ4v) is 3.77. The molecule has 1 amide bonds. The molecule has 1 aliphatic rings. The van der Waals surface area contributed by atoms with Crippen LogP contribution in [0.25, 0.3) is 0 Å². The molecule has 24 heavy (non-hydrogen) atoms. The highest BCUT2D eigenvalue weighted by atomic mass is 35.5. The summed E-state index contributed by atoms with van der Waals surface area (Å²) in [5.74, 6) is 0. The molecule has 1 aliphatic heterocycles. The second-order valence-corrected chi connectivity index (χ2v) is 7.83. The molecular weight excluding hydrogens is 328 g/mol. The highest BCUT2D eigenvalue weighted by molar-refractivity contribution is 6.30. The third kappa shape index (κ3) is 3.83. The fourth-order valence-electron chi connectivity index (χ4n) is 3.39. The fraction of sp³-hybridized carbons (Fsp3) is 0.667. The van der Waals surface area contributed by atoms with Gasteiger partial charge in [-0.15, -0.1) is 0 Å². The minimum absolute atomic E-state index is 0.0239. The van der Waals surface area contributed by atoms with Gasteiger partial charge in [0.25, 0.3) is 0 Å². The van der Waals surface area contributed by atoms with E-state index in [0.717, 1.165) is 11.1 Å². The van der Waals surface area contributed by atoms with Crippen molar-refractivity contribution in [1.29, 1.82) is 0 Å². The van der Waals surface area contributed by atoms with Gasteiger partial charge in [0.1, 0.15) is 10.8 Å². The zero-order valence-electron chi connectivity index (χ0n) is 15.4. The summed E-state index contributed by atoms with van der Waals surface area (Å²) in [4.78, 5) is 18.4. The maximum Gasteiger partial charge on any atom is 0.410 e. The van der Waals surface area contributed by atoms with Gasteiger partial charge in [0.2, 0.25) is 0 Å². The third-order valence-corrected chi connectivity index (χ3v) is 4.79. The van der Waals surface area contributed by atoms with Crippen molar-refractivity contribution < 1.29 is 14.3 Å². The molecule has 1 aromatic rings. The number of amides is 1. The van der Waals surface area contributed by atoms with Gasteiger partial charge < -0.3 is 14.4 Å². The van der Waals surface area contributed by atoms with Crippen molar-refractivity contribution in [2.75, 3.05) is 13.7 Å². The minimum atomic E-state index is -0.534. The molecule has 134 valence electrons. The lowest BCUT2D eigenvalue weighted by Gasteiger charge is -2.45. The summed E-state index contributed by atoms with van der Waals surface area (Å²) in [6.07, 6.45) is 2.71. The lowest BCUT2D eigenvalue weighted by Crippen LogP contribution is -2.52. The van der Waals surface area contributed by atoms with Gasteiger partial charge in [-0.1, -0.05) is 11.6 Å². The van der Waals surface area contributed by atoms with Crippen LogP contribution in [0.3, 0.4) is 0 Å². The lowest BCUT2D eigenvalue weighted by molar-refractivity contribution is -0.0813. The van der Waals surface area contributed by atoms with E-state index in [4.69, 9.17) is 21.1 Å². The number of piperidine rings is 1. The predicted molar refractivity (Wildman–Crippen MR) is 94.3 cm³/mol. The van der Waals surface area contributed by atoms with Crippen LogP contribution in [0, 0.1) is 6.92 Å². The molecule has 6 heteroatoms. The summed E-state index contributed by atoms with van der Waals surface area (Å²) in [6, 6.07) is 1.91. The van der Waals surface area contributed by atoms with Crippen molar-refractivity contribution in [3.8, 4) is 0 Å². The Hall–Kier alpha value is -1.33. The Bertz CT molecular complexity index is 595. The summed E-state index contributed by atoms with van der Waals surface area (Å²) in [7, 11) is 1.69. The van der Waals surface area contributed by atoms with Crippen LogP contribution in [0.1, 0.15) is 51.7 Å². The van der Waals surface area contributed by atoms with E-state index >= 15 is 0 Å². The second kappa shape index (κ2) is 6.89. The molecule has 1 aromatic heterocycles. The summed E-state index contributed by atoms with van der Waals surface area (Å²) in [6.45, 7) is 10.2. The van der Waals surface area contributed by atoms with Crippen molar-refractivity contribution in [3.63, 3.8) is 0 Å². The Morgan fingerprint density at radius 1 is 1.46 bits per heavy atom. The highest BCUT2D eigenvalue weighted by Gasteiger charge is 2.44. The molecular formula is C18H27ClN2O3. The minimum Gasteiger partial charge on any atom is -0.444 e. The number of carbonyl (C=O) groups is 1. The Morgan fingerprint density at radius 3 is 2.62 bits per heavy atom. The molecule has 5 nitrogen and oxygen atoms in total. The number of aryl methyl sites for hydroxylation is 1. The lowest BCUT2D eigenvalue weighted by atomic mass is 9.80. The average Bonchev–Trinajstić information content (AvgIpc) is 2.45. The SMILES string of the molecule is COC1(c2c(C)ccnc2Cl)CCN(C(=O)OC(C)(C)C)[C@H](C)C1. The van der Waals surface area contributed by atoms with Crippen molar-refractivity contribution in [2.24, 2.45) is 0 Å². The number of aromatic nitrogens is 1. The predicted octanol–water partition coefficient (Wildman–Crippen LogP) is 4.30. The zero-order chi connectivity index (χ0) is 18.1. The van der Waals surface area contributed by atoms with E-state index in [0.29, 0.717) is 24.5 Å². The van der Waals surface area contributed by atoms with Crippen LogP contribution in [0.2, 0.25) is 5.15 Å². The number of likely N-dealkylation sites (tertiary alicyclic amines) is 1. The summed E-state index contributed by atoms with van der Waals surface area (Å²) in [5.41, 5.74) is 0.933. The number of nitrogens with zero attached hydrogens (tertiary/aromatic N) is 2. The first-order valence-electron chi connectivity index (χ1n) is 8.26. The maximum absolute atomic E-state index is 12.4. The smallest absolute Gasteiger partial charge is 0.410 e. The summed E-state index contributed by atoms with van der Waals surface area (Å²) < 4.78 is 11.4. The number of hydrogen-bond donors (Lipinski definition) is 0. The number of ether oxygens (including phenoxy) is 2. The number of hydrogen-bond acceptors (Lipinski definition) is 4. The molecule has 2 heterocycles. The van der Waals surface area contributed by atoms with Gasteiger partial charge >= 0.3 is 6.09 Å². The molecule has 0 saturated carbocycles. The van der Waals surface area contributed by atoms with Crippen LogP contribution in [-0.2, 0) is 15.1 Å². The molecule has 1 fully saturated rings. The summed E-state index contributed by atoms with van der Waals surface area (Å²) in [5, 5.41) is 0.467. The number of carbonyl (C=O) groups excluding carboxylic acids is 1. The molecule has 0 aromatic carbocycles. The first-order valence-corrected chi connectivity index (χ1v) is 8.64. The molecule has 0 N–H and O–H groups in total. The van der Waals surface area contributed by atoms with Crippen LogP contribution >= 0.6 is 11.6 Å². The summed E-state index contributed by atoms with van der Waals surface area (Å²) >= 11 is 6.37. The van der Waals surface area contributed by atoms with E-state index in [2.05, 4.69) is 4.98 Å². The molecule has 0 aliphatic carbocycles. The molecule has 0 bridgehead atoms. The quantitative estimate of drug-likeness (QED) is 0.743. The molecule has 0 radical (unpaired) electrons. The van der Waals surface area contributed by atoms with Gasteiger partial charge in [0.15, 0.2) is 0 Å². The van der Waals surface area contributed by atoms with Crippen LogP contribution in [0.4, 0.5) is 4.79 Å². The largest absolute Gasteiger partial charge is 0.444 e. The Labute approximate surface area is 149 Å². The van der Waals surface area contributed by atoms with Crippen LogP contribution in [0.5, 0.6) is 0 Å². The Balaban J connectivity index is 2.25. The van der Waals surface area contributed by atoms with Crippen molar-refractivity contribution in [3.05, 3.63) is 28.5 Å². The van der Waals surface area contributed by atoms with Crippen molar-refractivity contribution in [1.82, 2.24) is 9.88 Å². The van der Waals surface area contributed by atoms with Gasteiger partial charge in [-0.25, -0.2) is 9.78 Å². The first-order chi connectivity index (χ1) is 11.1. The number of rotatable bonds is 2. The molecule has 1 unspecified atom stereocenters. The standard InChI is InChI=1S/C18H27ClN2O3/c1-12-7-9-20-15(19)14(12)18(23-6)8-10-21(13(2)11-18)16(22)24-17(3,4)5/h7,9,13H,8,10-11H2,1-6H3/t13-,18?/m1/s1. The number of pyridine rings is 1. The van der Waals surface area contributed by atoms with E-state index in [1.54, 1.807) is 18.2 Å². The van der Waals surface area contributed by atoms with E-state index in [-0.39, 0.29) is 12.1 Å². The monoisotopic (exact) mass is 354 g/mol. The van der Waals surface area contributed by atoms with E-state index in [1.165, 1.54) is 0 Å². The van der Waals surface area contributed by atoms with Gasteiger partial charge in [0.05, 0.1) is 5.60 Å². The van der Waals surface area contributed by atoms with Gasteiger partial charge in [-0.05, 0) is 52.7 Å². The second-order valence-electron chi connectivity index (χ2n) is 7.47. The van der Waals surface area contributed by atoms with Gasteiger partial charge in [-0.2, -0.15) is 0 Å². The van der Waals surface area contributed by atoms with E-state index in [1.807, 2.05) is 40.7 Å². The third-order valence-electron chi connectivity index (χ3n) is 4.50. The van der Waals surface area contributed by atoms with Crippen molar-refractivity contribution in [2.45, 2.75) is 64.7 Å². The number of halogens is 1. The van der Waals surface area contributed by atoms with Crippen LogP contribution in [0.15, 0.2) is 12.3 Å². The number of methoxy groups -OCH3 is 1. The van der Waals surface area contributed by atoms with Gasteiger partial charge in [0, 0.05) is 37.9 Å². The average molecular weight is 355 g/mol.